The van der Waals surface area contributed by atoms with Crippen LogP contribution in [0.1, 0.15) is 5.56 Å². The summed E-state index contributed by atoms with van der Waals surface area (Å²) in [6.07, 6.45) is 0. The third-order valence-electron chi connectivity index (χ3n) is 2.91. The molecule has 0 N–H and O–H groups in total. The van der Waals surface area contributed by atoms with E-state index >= 15 is 0 Å². The lowest BCUT2D eigenvalue weighted by atomic mass is 10.1. The van der Waals surface area contributed by atoms with E-state index in [0.29, 0.717) is 13.1 Å². The molecule has 0 radical (unpaired) electrons. The number of hydrogen-bond acceptors (Lipinski definition) is 3. The molecule has 1 unspecified atom stereocenters. The van der Waals surface area contributed by atoms with E-state index in [-0.39, 0.29) is 0 Å². The van der Waals surface area contributed by atoms with Crippen molar-refractivity contribution in [2.24, 2.45) is 0 Å². The molecule has 1 heterocycles. The fourth-order valence-corrected chi connectivity index (χ4v) is 2.46. The van der Waals surface area contributed by atoms with Crippen LogP contribution >= 0.6 is 0 Å². The molecule has 1 saturated heterocycles. The maximum absolute atomic E-state index is 10.8. The van der Waals surface area contributed by atoms with E-state index in [1.54, 1.807) is 0 Å². The quantitative estimate of drug-likeness (QED) is 0.721. The summed E-state index contributed by atoms with van der Waals surface area (Å²) in [6, 6.07) is 8.19. The van der Waals surface area contributed by atoms with E-state index in [0.717, 1.165) is 13.1 Å². The highest BCUT2D eigenvalue weighted by atomic mass is 32.2. The molecule has 0 amide bonds. The van der Waals surface area contributed by atoms with Crippen LogP contribution in [0.15, 0.2) is 24.3 Å². The molecule has 0 saturated carbocycles. The minimum absolute atomic E-state index is 0.574. The van der Waals surface area contributed by atoms with Crippen molar-refractivity contribution in [3.63, 3.8) is 0 Å². The zero-order chi connectivity index (χ0) is 11.5. The smallest absolute Gasteiger partial charge is 0.0396 e. The second-order valence-electron chi connectivity index (χ2n) is 3.92. The van der Waals surface area contributed by atoms with Crippen LogP contribution in [-0.4, -0.2) is 39.2 Å². The van der Waals surface area contributed by atoms with Gasteiger partial charge >= 0.3 is 0 Å². The summed E-state index contributed by atoms with van der Waals surface area (Å²) in [5.41, 5.74) is 2.44. The van der Waals surface area contributed by atoms with Crippen LogP contribution in [-0.2, 0) is 11.3 Å². The van der Waals surface area contributed by atoms with E-state index in [4.69, 9.17) is 0 Å². The van der Waals surface area contributed by atoms with E-state index < -0.39 is 11.3 Å². The first-order valence-electron chi connectivity index (χ1n) is 5.33. The fourth-order valence-electron chi connectivity index (χ4n) is 2.00. The van der Waals surface area contributed by atoms with Gasteiger partial charge in [-0.15, -0.1) is 0 Å². The average molecular weight is 239 g/mol. The summed E-state index contributed by atoms with van der Waals surface area (Å²) in [5.74, 6) is 0. The number of hydrogen-bond donors (Lipinski definition) is 0. The molecule has 0 aliphatic carbocycles. The van der Waals surface area contributed by atoms with Crippen LogP contribution in [0.4, 0.5) is 5.69 Å². The minimum Gasteiger partial charge on any atom is -0.760 e. The van der Waals surface area contributed by atoms with Gasteiger partial charge in [0, 0.05) is 43.1 Å². The van der Waals surface area contributed by atoms with Crippen LogP contribution < -0.4 is 4.90 Å². The molecule has 1 aliphatic rings. The molecule has 5 heteroatoms. The molecule has 1 aromatic carbocycles. The Morgan fingerprint density at radius 1 is 1.19 bits per heavy atom. The van der Waals surface area contributed by atoms with Gasteiger partial charge in [-0.1, -0.05) is 18.2 Å². The van der Waals surface area contributed by atoms with Crippen molar-refractivity contribution in [3.05, 3.63) is 29.8 Å². The lowest BCUT2D eigenvalue weighted by molar-refractivity contribution is 0.366. The lowest BCUT2D eigenvalue weighted by Gasteiger charge is -2.37. The molecule has 16 heavy (non-hydrogen) atoms. The van der Waals surface area contributed by atoms with Gasteiger partial charge in [0.1, 0.15) is 0 Å². The van der Waals surface area contributed by atoms with Crippen molar-refractivity contribution in [1.82, 2.24) is 4.31 Å². The molecule has 0 spiro atoms. The Morgan fingerprint density at radius 3 is 2.38 bits per heavy atom. The third-order valence-corrected chi connectivity index (χ3v) is 3.69. The maximum atomic E-state index is 10.8. The number of benzene rings is 1. The van der Waals surface area contributed by atoms with Crippen LogP contribution in [0, 0.1) is 6.92 Å². The Morgan fingerprint density at radius 2 is 1.81 bits per heavy atom. The van der Waals surface area contributed by atoms with Gasteiger partial charge in [-0.2, -0.15) is 0 Å². The van der Waals surface area contributed by atoms with Crippen LogP contribution in [0.3, 0.4) is 0 Å². The normalized spacial score (nSPS) is 19.8. The molecule has 1 aliphatic heterocycles. The van der Waals surface area contributed by atoms with E-state index in [1.165, 1.54) is 15.6 Å². The van der Waals surface area contributed by atoms with Gasteiger partial charge in [0.05, 0.1) is 0 Å². The molecule has 0 aromatic heterocycles. The SMILES string of the molecule is Cc1ccccc1N1CCN(S(=O)[O-])CC1. The summed E-state index contributed by atoms with van der Waals surface area (Å²) >= 11 is -2.07. The largest absolute Gasteiger partial charge is 0.760 e. The molecular weight excluding hydrogens is 224 g/mol. The Bertz CT molecular complexity index is 389. The average Bonchev–Trinajstić information content (AvgIpc) is 2.30. The van der Waals surface area contributed by atoms with Gasteiger partial charge in [0.15, 0.2) is 0 Å². The van der Waals surface area contributed by atoms with Crippen molar-refractivity contribution in [1.29, 1.82) is 0 Å². The molecule has 4 nitrogen and oxygen atoms in total. The second kappa shape index (κ2) is 4.95. The van der Waals surface area contributed by atoms with Crippen molar-refractivity contribution in [2.75, 3.05) is 31.1 Å². The molecule has 1 atom stereocenters. The van der Waals surface area contributed by atoms with Gasteiger partial charge in [-0.3, -0.25) is 4.21 Å². The standard InChI is InChI=1S/C11H16N2O2S/c1-10-4-2-3-5-11(10)12-6-8-13(9-7-12)16(14)15/h2-5H,6-9H2,1H3,(H,14,15)/p-1. The van der Waals surface area contributed by atoms with E-state index in [1.807, 2.05) is 12.1 Å². The van der Waals surface area contributed by atoms with Gasteiger partial charge in [-0.25, -0.2) is 4.31 Å². The summed E-state index contributed by atoms with van der Waals surface area (Å²) in [5, 5.41) is 0. The van der Waals surface area contributed by atoms with Gasteiger partial charge in [-0.05, 0) is 18.6 Å². The highest BCUT2D eigenvalue weighted by Gasteiger charge is 2.18. The molecule has 1 aromatic rings. The predicted molar refractivity (Wildman–Crippen MR) is 63.9 cm³/mol. The summed E-state index contributed by atoms with van der Waals surface area (Å²) in [4.78, 5) is 2.23. The van der Waals surface area contributed by atoms with Crippen LogP contribution in [0.25, 0.3) is 0 Å². The lowest BCUT2D eigenvalue weighted by Crippen LogP contribution is -2.47. The number of piperazine rings is 1. The monoisotopic (exact) mass is 239 g/mol. The fraction of sp³-hybridized carbons (Fsp3) is 0.455. The molecule has 0 bridgehead atoms. The number of aryl methyl sites for hydroxylation is 1. The summed E-state index contributed by atoms with van der Waals surface area (Å²) in [6.45, 7) is 4.75. The van der Waals surface area contributed by atoms with Crippen LogP contribution in [0.2, 0.25) is 0 Å². The predicted octanol–water partition coefficient (Wildman–Crippen LogP) is 0.911. The number of para-hydroxylation sites is 1. The maximum Gasteiger partial charge on any atom is 0.0396 e. The van der Waals surface area contributed by atoms with Gasteiger partial charge < -0.3 is 9.45 Å². The van der Waals surface area contributed by atoms with Crippen LogP contribution in [0.5, 0.6) is 0 Å². The highest BCUT2D eigenvalue weighted by molar-refractivity contribution is 7.76. The zero-order valence-corrected chi connectivity index (χ0v) is 10.1. The second-order valence-corrected chi connectivity index (χ2v) is 4.87. The molecule has 1 fully saturated rings. The van der Waals surface area contributed by atoms with Crippen molar-refractivity contribution in [2.45, 2.75) is 6.92 Å². The van der Waals surface area contributed by atoms with Crippen molar-refractivity contribution < 1.29 is 8.76 Å². The van der Waals surface area contributed by atoms with E-state index in [2.05, 4.69) is 24.0 Å². The number of nitrogens with zero attached hydrogens (tertiary/aromatic N) is 2. The highest BCUT2D eigenvalue weighted by Crippen LogP contribution is 2.20. The Labute approximate surface area is 98.3 Å². The minimum atomic E-state index is -2.07. The Balaban J connectivity index is 2.05. The Hall–Kier alpha value is -0.910. The van der Waals surface area contributed by atoms with Crippen molar-refractivity contribution >= 4 is 17.0 Å². The number of rotatable bonds is 2. The first-order chi connectivity index (χ1) is 7.68. The first-order valence-corrected chi connectivity index (χ1v) is 6.36. The topological polar surface area (TPSA) is 46.6 Å². The number of anilines is 1. The molecule has 88 valence electrons. The molecular formula is C11H15N2O2S-. The van der Waals surface area contributed by atoms with Gasteiger partial charge in [0.2, 0.25) is 0 Å². The first kappa shape index (κ1) is 11.6. The zero-order valence-electron chi connectivity index (χ0n) is 9.26. The van der Waals surface area contributed by atoms with Crippen molar-refractivity contribution in [3.8, 4) is 0 Å². The third kappa shape index (κ3) is 2.42. The summed E-state index contributed by atoms with van der Waals surface area (Å²) in [7, 11) is 0. The molecule has 2 rings (SSSR count). The van der Waals surface area contributed by atoms with E-state index in [9.17, 15) is 8.76 Å². The van der Waals surface area contributed by atoms with Gasteiger partial charge in [0.25, 0.3) is 0 Å². The Kier molecular flexibility index (Phi) is 3.58. The summed E-state index contributed by atoms with van der Waals surface area (Å²) < 4.78 is 23.0.